The summed E-state index contributed by atoms with van der Waals surface area (Å²) in [6.45, 7) is 6.83. The number of ether oxygens (including phenoxy) is 1. The highest BCUT2D eigenvalue weighted by Crippen LogP contribution is 2.35. The van der Waals surface area contributed by atoms with Crippen molar-refractivity contribution in [2.24, 2.45) is 11.8 Å². The van der Waals surface area contributed by atoms with Crippen LogP contribution in [0.1, 0.15) is 52.5 Å². The van der Waals surface area contributed by atoms with E-state index in [1.165, 1.54) is 10.4 Å². The van der Waals surface area contributed by atoms with E-state index in [0.717, 1.165) is 12.8 Å². The van der Waals surface area contributed by atoms with Gasteiger partial charge >= 0.3 is 0 Å². The minimum absolute atomic E-state index is 0.00883. The van der Waals surface area contributed by atoms with E-state index in [4.69, 9.17) is 4.74 Å². The Balaban J connectivity index is 2.00. The van der Waals surface area contributed by atoms with E-state index in [-0.39, 0.29) is 35.6 Å². The normalized spacial score (nSPS) is 23.4. The standard InChI is InChI=1S/C25H36N2O6S/c1-17-14-27(18(2)16-28)34(31,32)23-9-8-20(10-11-25(3,4)30)12-21(23)33-22(17)15-26(5)24(29)13-19-6-7-19/h8-9,12,17-19,22,28,30H,6-7,13-16H2,1-5H3/t17-,18-,22-/m1/s1. The van der Waals surface area contributed by atoms with Crippen molar-refractivity contribution in [1.29, 1.82) is 0 Å². The van der Waals surface area contributed by atoms with Gasteiger partial charge in [0, 0.05) is 37.5 Å². The molecule has 2 aliphatic rings. The highest BCUT2D eigenvalue weighted by atomic mass is 32.2. The predicted molar refractivity (Wildman–Crippen MR) is 129 cm³/mol. The summed E-state index contributed by atoms with van der Waals surface area (Å²) in [7, 11) is -2.21. The summed E-state index contributed by atoms with van der Waals surface area (Å²) in [4.78, 5) is 14.3. The zero-order chi connectivity index (χ0) is 25.3. The Hall–Kier alpha value is -2.12. The van der Waals surface area contributed by atoms with Gasteiger partial charge in [-0.3, -0.25) is 4.79 Å². The van der Waals surface area contributed by atoms with Crippen LogP contribution in [0.5, 0.6) is 5.75 Å². The van der Waals surface area contributed by atoms with Crippen LogP contribution in [0.25, 0.3) is 0 Å². The average Bonchev–Trinajstić information content (AvgIpc) is 3.57. The molecule has 1 heterocycles. The van der Waals surface area contributed by atoms with E-state index in [9.17, 15) is 23.4 Å². The molecule has 2 N–H and O–H groups in total. The van der Waals surface area contributed by atoms with E-state index in [1.54, 1.807) is 44.9 Å². The van der Waals surface area contributed by atoms with E-state index >= 15 is 0 Å². The van der Waals surface area contributed by atoms with Crippen LogP contribution in [0.15, 0.2) is 23.1 Å². The van der Waals surface area contributed by atoms with Crippen LogP contribution in [0, 0.1) is 23.7 Å². The summed E-state index contributed by atoms with van der Waals surface area (Å²) in [5.41, 5.74) is -0.699. The van der Waals surface area contributed by atoms with E-state index in [2.05, 4.69) is 11.8 Å². The van der Waals surface area contributed by atoms with Gasteiger partial charge in [0.2, 0.25) is 15.9 Å². The van der Waals surface area contributed by atoms with Crippen LogP contribution in [-0.2, 0) is 14.8 Å². The molecule has 1 saturated carbocycles. The summed E-state index contributed by atoms with van der Waals surface area (Å²) in [5, 5.41) is 19.7. The number of fused-ring (bicyclic) bond motifs is 1. The maximum atomic E-state index is 13.5. The Bertz CT molecular complexity index is 1070. The number of rotatable bonds is 6. The quantitative estimate of drug-likeness (QED) is 0.587. The maximum Gasteiger partial charge on any atom is 0.247 e. The topological polar surface area (TPSA) is 107 Å². The van der Waals surface area contributed by atoms with Gasteiger partial charge in [-0.15, -0.1) is 0 Å². The Morgan fingerprint density at radius 3 is 2.62 bits per heavy atom. The molecule has 1 aromatic carbocycles. The number of likely N-dealkylation sites (N-methyl/N-ethyl adjacent to an activating group) is 1. The molecule has 34 heavy (non-hydrogen) atoms. The molecule has 1 aromatic rings. The van der Waals surface area contributed by atoms with Gasteiger partial charge in [0.1, 0.15) is 22.4 Å². The zero-order valence-electron chi connectivity index (χ0n) is 20.6. The molecule has 0 bridgehead atoms. The lowest BCUT2D eigenvalue weighted by Crippen LogP contribution is -2.50. The smallest absolute Gasteiger partial charge is 0.247 e. The fourth-order valence-corrected chi connectivity index (χ4v) is 5.67. The molecule has 3 atom stereocenters. The van der Waals surface area contributed by atoms with Crippen LogP contribution in [0.4, 0.5) is 0 Å². The predicted octanol–water partition coefficient (Wildman–Crippen LogP) is 1.84. The number of hydrogen-bond acceptors (Lipinski definition) is 6. The zero-order valence-corrected chi connectivity index (χ0v) is 21.4. The molecule has 1 fully saturated rings. The lowest BCUT2D eigenvalue weighted by atomic mass is 10.0. The highest BCUT2D eigenvalue weighted by Gasteiger charge is 2.38. The fourth-order valence-electron chi connectivity index (χ4n) is 3.84. The molecule has 1 aliphatic heterocycles. The first-order valence-corrected chi connectivity index (χ1v) is 13.2. The van der Waals surface area contributed by atoms with Crippen LogP contribution in [0.3, 0.4) is 0 Å². The van der Waals surface area contributed by atoms with Crippen molar-refractivity contribution in [1.82, 2.24) is 9.21 Å². The van der Waals surface area contributed by atoms with Crippen LogP contribution in [-0.4, -0.2) is 78.2 Å². The minimum Gasteiger partial charge on any atom is -0.487 e. The molecular formula is C25H36N2O6S. The second-order valence-electron chi connectivity index (χ2n) is 10.1. The number of benzene rings is 1. The third-order valence-corrected chi connectivity index (χ3v) is 8.24. The van der Waals surface area contributed by atoms with Crippen LogP contribution < -0.4 is 4.74 Å². The number of aliphatic hydroxyl groups excluding tert-OH is 1. The number of amides is 1. The highest BCUT2D eigenvalue weighted by molar-refractivity contribution is 7.89. The van der Waals surface area contributed by atoms with Crippen molar-refractivity contribution < 1.29 is 28.2 Å². The summed E-state index contributed by atoms with van der Waals surface area (Å²) >= 11 is 0. The van der Waals surface area contributed by atoms with Crippen molar-refractivity contribution in [3.8, 4) is 17.6 Å². The second kappa shape index (κ2) is 10.2. The summed E-state index contributed by atoms with van der Waals surface area (Å²) < 4.78 is 34.6. The van der Waals surface area contributed by atoms with Gasteiger partial charge in [0.15, 0.2) is 0 Å². The monoisotopic (exact) mass is 492 g/mol. The second-order valence-corrected chi connectivity index (χ2v) is 12.0. The molecule has 0 unspecified atom stereocenters. The molecule has 188 valence electrons. The lowest BCUT2D eigenvalue weighted by Gasteiger charge is -2.37. The van der Waals surface area contributed by atoms with Gasteiger partial charge in [-0.25, -0.2) is 8.42 Å². The summed E-state index contributed by atoms with van der Waals surface area (Å²) in [5.74, 6) is 6.01. The molecule has 3 rings (SSSR count). The maximum absolute atomic E-state index is 13.5. The SMILES string of the molecule is C[C@@H]1CN([C@H](C)CO)S(=O)(=O)c2ccc(C#CC(C)(C)O)cc2O[C@@H]1CN(C)C(=O)CC1CC1. The minimum atomic E-state index is -3.95. The van der Waals surface area contributed by atoms with Gasteiger partial charge in [0.05, 0.1) is 13.2 Å². The molecule has 8 nitrogen and oxygen atoms in total. The average molecular weight is 493 g/mol. The molecule has 0 radical (unpaired) electrons. The number of carbonyl (C=O) groups excluding carboxylic acids is 1. The van der Waals surface area contributed by atoms with Crippen LogP contribution >= 0.6 is 0 Å². The number of hydrogen-bond donors (Lipinski definition) is 2. The number of aliphatic hydroxyl groups is 2. The third kappa shape index (κ3) is 6.51. The van der Waals surface area contributed by atoms with E-state index in [0.29, 0.717) is 24.4 Å². The van der Waals surface area contributed by atoms with Gasteiger partial charge in [-0.1, -0.05) is 18.8 Å². The van der Waals surface area contributed by atoms with Crippen molar-refractivity contribution in [2.75, 3.05) is 26.7 Å². The Kier molecular flexibility index (Phi) is 7.98. The van der Waals surface area contributed by atoms with Gasteiger partial charge in [0.25, 0.3) is 0 Å². The first-order valence-electron chi connectivity index (χ1n) is 11.7. The third-order valence-electron chi connectivity index (χ3n) is 6.22. The molecule has 0 aromatic heterocycles. The largest absolute Gasteiger partial charge is 0.487 e. The Morgan fingerprint density at radius 2 is 2.03 bits per heavy atom. The van der Waals surface area contributed by atoms with Crippen LogP contribution in [0.2, 0.25) is 0 Å². The number of sulfonamides is 1. The summed E-state index contributed by atoms with van der Waals surface area (Å²) in [6, 6.07) is 3.96. The van der Waals surface area contributed by atoms with Crippen molar-refractivity contribution in [2.45, 2.75) is 69.6 Å². The molecule has 1 aliphatic carbocycles. The van der Waals surface area contributed by atoms with Crippen molar-refractivity contribution in [3.63, 3.8) is 0 Å². The summed E-state index contributed by atoms with van der Waals surface area (Å²) in [6.07, 6.45) is 2.23. The molecule has 0 spiro atoms. The molecule has 1 amide bonds. The Labute approximate surface area is 202 Å². The molecule has 0 saturated heterocycles. The lowest BCUT2D eigenvalue weighted by molar-refractivity contribution is -0.131. The molecule has 9 heteroatoms. The van der Waals surface area contributed by atoms with E-state index < -0.39 is 27.8 Å². The van der Waals surface area contributed by atoms with Gasteiger partial charge in [-0.2, -0.15) is 4.31 Å². The fraction of sp³-hybridized carbons (Fsp3) is 0.640. The van der Waals surface area contributed by atoms with Crippen molar-refractivity contribution in [3.05, 3.63) is 23.8 Å². The molecular weight excluding hydrogens is 456 g/mol. The first-order chi connectivity index (χ1) is 15.8. The number of carbonyl (C=O) groups is 1. The van der Waals surface area contributed by atoms with Gasteiger partial charge in [-0.05, 0) is 57.7 Å². The van der Waals surface area contributed by atoms with Crippen molar-refractivity contribution >= 4 is 15.9 Å². The van der Waals surface area contributed by atoms with E-state index in [1.807, 2.05) is 6.92 Å². The first kappa shape index (κ1) is 26.5. The number of nitrogens with zero attached hydrogens (tertiary/aromatic N) is 2. The van der Waals surface area contributed by atoms with Gasteiger partial charge < -0.3 is 19.8 Å². The Morgan fingerprint density at radius 1 is 1.35 bits per heavy atom.